The average molecular weight is 261 g/mol. The molecule has 0 radical (unpaired) electrons. The van der Waals surface area contributed by atoms with E-state index in [1.54, 1.807) is 6.20 Å². The molecule has 1 N–H and O–H groups in total. The van der Waals surface area contributed by atoms with Crippen LogP contribution in [0, 0.1) is 0 Å². The van der Waals surface area contributed by atoms with E-state index in [0.717, 1.165) is 18.9 Å². The SMILES string of the molecule is CC(C)NC(=O)c1cccnc1N1CCCCCC1. The van der Waals surface area contributed by atoms with Crippen LogP contribution in [0.3, 0.4) is 0 Å². The van der Waals surface area contributed by atoms with E-state index in [1.807, 2.05) is 26.0 Å². The van der Waals surface area contributed by atoms with E-state index in [1.165, 1.54) is 25.7 Å². The number of rotatable bonds is 3. The molecule has 1 aliphatic rings. The minimum atomic E-state index is -0.0256. The van der Waals surface area contributed by atoms with Gasteiger partial charge in [-0.3, -0.25) is 4.79 Å². The lowest BCUT2D eigenvalue weighted by molar-refractivity contribution is 0.0943. The molecule has 2 rings (SSSR count). The third kappa shape index (κ3) is 3.69. The molecule has 4 nitrogen and oxygen atoms in total. The number of pyridine rings is 1. The van der Waals surface area contributed by atoms with Crippen LogP contribution in [0.1, 0.15) is 49.9 Å². The third-order valence-corrected chi connectivity index (χ3v) is 3.36. The van der Waals surface area contributed by atoms with E-state index in [-0.39, 0.29) is 11.9 Å². The monoisotopic (exact) mass is 261 g/mol. The number of hydrogen-bond acceptors (Lipinski definition) is 3. The van der Waals surface area contributed by atoms with Crippen LogP contribution in [0.15, 0.2) is 18.3 Å². The van der Waals surface area contributed by atoms with Crippen molar-refractivity contribution in [3.8, 4) is 0 Å². The van der Waals surface area contributed by atoms with Crippen LogP contribution in [-0.2, 0) is 0 Å². The Morgan fingerprint density at radius 2 is 1.95 bits per heavy atom. The van der Waals surface area contributed by atoms with Crippen LogP contribution >= 0.6 is 0 Å². The van der Waals surface area contributed by atoms with Crippen molar-refractivity contribution in [2.45, 2.75) is 45.6 Å². The van der Waals surface area contributed by atoms with E-state index in [0.29, 0.717) is 5.56 Å². The van der Waals surface area contributed by atoms with Gasteiger partial charge in [-0.15, -0.1) is 0 Å². The van der Waals surface area contributed by atoms with Gasteiger partial charge in [0.25, 0.3) is 5.91 Å². The molecule has 1 aromatic heterocycles. The fraction of sp³-hybridized carbons (Fsp3) is 0.600. The summed E-state index contributed by atoms with van der Waals surface area (Å²) in [6, 6.07) is 3.84. The molecular formula is C15H23N3O. The Morgan fingerprint density at radius 3 is 2.58 bits per heavy atom. The van der Waals surface area contributed by atoms with Gasteiger partial charge in [-0.2, -0.15) is 0 Å². The van der Waals surface area contributed by atoms with E-state index in [4.69, 9.17) is 0 Å². The number of carbonyl (C=O) groups excluding carboxylic acids is 1. The van der Waals surface area contributed by atoms with Gasteiger partial charge in [-0.25, -0.2) is 4.98 Å². The fourth-order valence-electron chi connectivity index (χ4n) is 2.45. The largest absolute Gasteiger partial charge is 0.356 e. The predicted octanol–water partition coefficient (Wildman–Crippen LogP) is 2.60. The van der Waals surface area contributed by atoms with Crippen molar-refractivity contribution in [1.29, 1.82) is 0 Å². The van der Waals surface area contributed by atoms with E-state index < -0.39 is 0 Å². The van der Waals surface area contributed by atoms with Gasteiger partial charge in [0.05, 0.1) is 5.56 Å². The van der Waals surface area contributed by atoms with Gasteiger partial charge >= 0.3 is 0 Å². The molecule has 2 heterocycles. The number of anilines is 1. The molecule has 0 bridgehead atoms. The molecule has 1 saturated heterocycles. The van der Waals surface area contributed by atoms with Gasteiger partial charge in [0, 0.05) is 25.3 Å². The molecule has 0 spiro atoms. The summed E-state index contributed by atoms with van der Waals surface area (Å²) in [6.45, 7) is 5.94. The summed E-state index contributed by atoms with van der Waals surface area (Å²) in [5, 5.41) is 2.95. The van der Waals surface area contributed by atoms with Crippen LogP contribution < -0.4 is 10.2 Å². The first-order chi connectivity index (χ1) is 9.18. The molecular weight excluding hydrogens is 238 g/mol. The van der Waals surface area contributed by atoms with Crippen LogP contribution in [0.25, 0.3) is 0 Å². The molecule has 0 saturated carbocycles. The average Bonchev–Trinajstić information content (AvgIpc) is 2.66. The molecule has 0 unspecified atom stereocenters. The van der Waals surface area contributed by atoms with E-state index in [2.05, 4.69) is 15.2 Å². The lowest BCUT2D eigenvalue weighted by Crippen LogP contribution is -2.33. The molecule has 0 aromatic carbocycles. The topological polar surface area (TPSA) is 45.2 Å². The number of carbonyl (C=O) groups is 1. The summed E-state index contributed by atoms with van der Waals surface area (Å²) >= 11 is 0. The highest BCUT2D eigenvalue weighted by atomic mass is 16.1. The first-order valence-corrected chi connectivity index (χ1v) is 7.19. The Morgan fingerprint density at radius 1 is 1.26 bits per heavy atom. The van der Waals surface area contributed by atoms with Crippen molar-refractivity contribution in [1.82, 2.24) is 10.3 Å². The molecule has 0 atom stereocenters. The molecule has 19 heavy (non-hydrogen) atoms. The van der Waals surface area contributed by atoms with Crippen LogP contribution in [0.4, 0.5) is 5.82 Å². The van der Waals surface area contributed by atoms with Gasteiger partial charge < -0.3 is 10.2 Å². The zero-order valence-corrected chi connectivity index (χ0v) is 11.9. The summed E-state index contributed by atoms with van der Waals surface area (Å²) in [5.74, 6) is 0.810. The molecule has 1 fully saturated rings. The number of amides is 1. The Balaban J connectivity index is 2.21. The van der Waals surface area contributed by atoms with Crippen LogP contribution in [-0.4, -0.2) is 30.0 Å². The van der Waals surface area contributed by atoms with E-state index in [9.17, 15) is 4.79 Å². The molecule has 104 valence electrons. The molecule has 1 aliphatic heterocycles. The smallest absolute Gasteiger partial charge is 0.255 e. The quantitative estimate of drug-likeness (QED) is 0.909. The summed E-state index contributed by atoms with van der Waals surface area (Å²) in [6.07, 6.45) is 6.68. The first kappa shape index (κ1) is 13.8. The minimum Gasteiger partial charge on any atom is -0.356 e. The maximum absolute atomic E-state index is 12.2. The third-order valence-electron chi connectivity index (χ3n) is 3.36. The maximum atomic E-state index is 12.2. The van der Waals surface area contributed by atoms with Crippen molar-refractivity contribution in [2.24, 2.45) is 0 Å². The Hall–Kier alpha value is -1.58. The van der Waals surface area contributed by atoms with Crippen molar-refractivity contribution < 1.29 is 4.79 Å². The summed E-state index contributed by atoms with van der Waals surface area (Å²) < 4.78 is 0. The number of nitrogens with one attached hydrogen (secondary N) is 1. The van der Waals surface area contributed by atoms with Crippen molar-refractivity contribution in [3.05, 3.63) is 23.9 Å². The lowest BCUT2D eigenvalue weighted by atomic mass is 10.2. The highest BCUT2D eigenvalue weighted by Gasteiger charge is 2.19. The number of hydrogen-bond donors (Lipinski definition) is 1. The van der Waals surface area contributed by atoms with Gasteiger partial charge in [0.2, 0.25) is 0 Å². The molecule has 0 aliphatic carbocycles. The Bertz CT molecular complexity index is 423. The second-order valence-electron chi connectivity index (χ2n) is 5.40. The normalized spacial score (nSPS) is 16.3. The minimum absolute atomic E-state index is 0.0256. The summed E-state index contributed by atoms with van der Waals surface area (Å²) in [4.78, 5) is 18.9. The van der Waals surface area contributed by atoms with Crippen LogP contribution in [0.5, 0.6) is 0 Å². The first-order valence-electron chi connectivity index (χ1n) is 7.19. The van der Waals surface area contributed by atoms with Gasteiger partial charge in [-0.1, -0.05) is 12.8 Å². The van der Waals surface area contributed by atoms with E-state index >= 15 is 0 Å². The zero-order chi connectivity index (χ0) is 13.7. The summed E-state index contributed by atoms with van der Waals surface area (Å²) in [5.41, 5.74) is 0.693. The highest BCUT2D eigenvalue weighted by Crippen LogP contribution is 2.21. The fourth-order valence-corrected chi connectivity index (χ4v) is 2.45. The van der Waals surface area contributed by atoms with Crippen molar-refractivity contribution >= 4 is 11.7 Å². The zero-order valence-electron chi connectivity index (χ0n) is 11.9. The van der Waals surface area contributed by atoms with Crippen molar-refractivity contribution in [2.75, 3.05) is 18.0 Å². The standard InChI is InChI=1S/C15H23N3O/c1-12(2)17-15(19)13-8-7-9-16-14(13)18-10-5-3-4-6-11-18/h7-9,12H,3-6,10-11H2,1-2H3,(H,17,19). The van der Waals surface area contributed by atoms with Gasteiger partial charge in [0.15, 0.2) is 0 Å². The predicted molar refractivity (Wildman–Crippen MR) is 77.5 cm³/mol. The number of aromatic nitrogens is 1. The lowest BCUT2D eigenvalue weighted by Gasteiger charge is -2.23. The highest BCUT2D eigenvalue weighted by molar-refractivity contribution is 5.99. The maximum Gasteiger partial charge on any atom is 0.255 e. The van der Waals surface area contributed by atoms with Gasteiger partial charge in [0.1, 0.15) is 5.82 Å². The second-order valence-corrected chi connectivity index (χ2v) is 5.40. The molecule has 4 heteroatoms. The number of nitrogens with zero attached hydrogens (tertiary/aromatic N) is 2. The van der Waals surface area contributed by atoms with Crippen LogP contribution in [0.2, 0.25) is 0 Å². The Kier molecular flexibility index (Phi) is 4.77. The van der Waals surface area contributed by atoms with Crippen molar-refractivity contribution in [3.63, 3.8) is 0 Å². The Labute approximate surface area is 115 Å². The second kappa shape index (κ2) is 6.55. The molecule has 1 aromatic rings. The van der Waals surface area contributed by atoms with Gasteiger partial charge in [-0.05, 0) is 38.8 Å². The molecule has 1 amide bonds. The summed E-state index contributed by atoms with van der Waals surface area (Å²) in [7, 11) is 0.